The average Bonchev–Trinajstić information content (AvgIpc) is 3.40. The molecule has 150 valence electrons. The Hall–Kier alpha value is -3.46. The molecule has 0 bridgehead atoms. The van der Waals surface area contributed by atoms with E-state index in [0.29, 0.717) is 11.2 Å². The number of rotatable bonds is 3. The van der Waals surface area contributed by atoms with E-state index in [1.807, 2.05) is 0 Å². The second-order valence-corrected chi connectivity index (χ2v) is 6.46. The predicted octanol–water partition coefficient (Wildman–Crippen LogP) is -2.76. The van der Waals surface area contributed by atoms with E-state index < -0.39 is 36.7 Å². The normalized spacial score (nSPS) is 24.7. The van der Waals surface area contributed by atoms with Crippen LogP contribution < -0.4 is 11.3 Å². The summed E-state index contributed by atoms with van der Waals surface area (Å²) in [6, 6.07) is 0. The maximum atomic E-state index is 13.1. The number of ether oxygens (including phenoxy) is 1. The van der Waals surface area contributed by atoms with Gasteiger partial charge in [-0.1, -0.05) is 0 Å². The Balaban J connectivity index is 1.67. The lowest BCUT2D eigenvalue weighted by Crippen LogP contribution is -2.33. The first-order chi connectivity index (χ1) is 14.0. The zero-order chi connectivity index (χ0) is 20.3. The van der Waals surface area contributed by atoms with Crippen LogP contribution in [0.15, 0.2) is 30.0 Å². The highest BCUT2D eigenvalue weighted by Gasteiger charge is 2.44. The van der Waals surface area contributed by atoms with Crippen LogP contribution in [-0.4, -0.2) is 79.1 Å². The van der Waals surface area contributed by atoms with Gasteiger partial charge >= 0.3 is 5.56 Å². The van der Waals surface area contributed by atoms with Crippen LogP contribution in [0.1, 0.15) is 6.23 Å². The molecule has 0 spiro atoms. The second kappa shape index (κ2) is 6.28. The average molecular weight is 401 g/mol. The molecule has 5 rings (SSSR count). The molecule has 1 saturated heterocycles. The largest absolute Gasteiger partial charge is 0.394 e. The minimum atomic E-state index is -1.36. The quantitative estimate of drug-likeness (QED) is 0.278. The van der Waals surface area contributed by atoms with Gasteiger partial charge in [-0.3, -0.25) is 9.36 Å². The molecule has 1 fully saturated rings. The Labute approximate surface area is 160 Å². The molecule has 14 nitrogen and oxygen atoms in total. The van der Waals surface area contributed by atoms with Crippen molar-refractivity contribution in [3.63, 3.8) is 0 Å². The molecule has 1 aliphatic heterocycles. The van der Waals surface area contributed by atoms with Gasteiger partial charge in [-0.15, -0.1) is 0 Å². The number of imidazole rings is 2. The third kappa shape index (κ3) is 2.44. The van der Waals surface area contributed by atoms with Crippen LogP contribution in [0.5, 0.6) is 0 Å². The number of nitrogens with zero attached hydrogens (tertiary/aromatic N) is 8. The Kier molecular flexibility index (Phi) is 3.82. The molecule has 0 aliphatic carbocycles. The molecule has 0 saturated carbocycles. The van der Waals surface area contributed by atoms with Crippen LogP contribution in [0.3, 0.4) is 0 Å². The van der Waals surface area contributed by atoms with E-state index in [0.717, 1.165) is 4.68 Å². The fourth-order valence-electron chi connectivity index (χ4n) is 3.38. The predicted molar refractivity (Wildman–Crippen MR) is 95.3 cm³/mol. The lowest BCUT2D eigenvalue weighted by Gasteiger charge is -2.17. The van der Waals surface area contributed by atoms with E-state index >= 15 is 0 Å². The highest BCUT2D eigenvalue weighted by atomic mass is 16.6. The number of aliphatic hydroxyl groups is 3. The topological polar surface area (TPSA) is 192 Å². The van der Waals surface area contributed by atoms with Gasteiger partial charge in [0.1, 0.15) is 36.5 Å². The number of aromatic nitrogens is 8. The standard InChI is InChI=1S/C15H15N9O5/c16-15-21-12-8(20-4-22(12)14-10(27)9(26)7(2-25)29-14)13(28)24(15)23-5-19-6-1-17-3-18-11(6)23/h1,3-5,7,9-10,14,25-27H,2H2,(H2,16,21)/t7-,9-,10-,14-/m1/s1. The molecule has 5 heterocycles. The molecule has 5 N–H and O–H groups in total. The number of aliphatic hydroxyl groups excluding tert-OH is 3. The fourth-order valence-corrected chi connectivity index (χ4v) is 3.38. The van der Waals surface area contributed by atoms with E-state index in [4.69, 9.17) is 10.5 Å². The molecule has 0 unspecified atom stereocenters. The number of nitrogen functional groups attached to an aromatic ring is 1. The van der Waals surface area contributed by atoms with Gasteiger partial charge in [-0.25, -0.2) is 24.6 Å². The van der Waals surface area contributed by atoms with Crippen LogP contribution in [0, 0.1) is 0 Å². The van der Waals surface area contributed by atoms with Crippen molar-refractivity contribution in [2.24, 2.45) is 0 Å². The zero-order valence-corrected chi connectivity index (χ0v) is 14.6. The summed E-state index contributed by atoms with van der Waals surface area (Å²) in [5.74, 6) is -0.186. The van der Waals surface area contributed by atoms with Gasteiger partial charge in [-0.2, -0.15) is 9.66 Å². The zero-order valence-electron chi connectivity index (χ0n) is 14.6. The molecule has 0 aromatic carbocycles. The third-order valence-corrected chi connectivity index (χ3v) is 4.80. The maximum absolute atomic E-state index is 13.1. The number of hydrogen-bond donors (Lipinski definition) is 4. The van der Waals surface area contributed by atoms with E-state index in [-0.39, 0.29) is 17.1 Å². The van der Waals surface area contributed by atoms with Crippen molar-refractivity contribution in [3.8, 4) is 0 Å². The minimum Gasteiger partial charge on any atom is -0.394 e. The van der Waals surface area contributed by atoms with Gasteiger partial charge in [0.2, 0.25) is 5.95 Å². The van der Waals surface area contributed by atoms with Crippen molar-refractivity contribution in [1.29, 1.82) is 0 Å². The Bertz CT molecular complexity index is 1280. The van der Waals surface area contributed by atoms with Gasteiger partial charge in [0.15, 0.2) is 23.0 Å². The van der Waals surface area contributed by atoms with Crippen molar-refractivity contribution in [1.82, 2.24) is 38.8 Å². The minimum absolute atomic E-state index is 0.0483. The van der Waals surface area contributed by atoms with Crippen LogP contribution in [0.4, 0.5) is 5.95 Å². The van der Waals surface area contributed by atoms with Gasteiger partial charge < -0.3 is 25.8 Å². The monoisotopic (exact) mass is 401 g/mol. The fraction of sp³-hybridized carbons (Fsp3) is 0.333. The number of nitrogens with two attached hydrogens (primary N) is 1. The number of fused-ring (bicyclic) bond motifs is 2. The van der Waals surface area contributed by atoms with Gasteiger partial charge in [0.05, 0.1) is 19.1 Å². The second-order valence-electron chi connectivity index (χ2n) is 6.46. The molecule has 0 amide bonds. The number of hydrogen-bond acceptors (Lipinski definition) is 11. The highest BCUT2D eigenvalue weighted by Crippen LogP contribution is 2.31. The summed E-state index contributed by atoms with van der Waals surface area (Å²) in [6.45, 7) is -0.487. The molecule has 1 aliphatic rings. The summed E-state index contributed by atoms with van der Waals surface area (Å²) >= 11 is 0. The van der Waals surface area contributed by atoms with Crippen LogP contribution in [0.25, 0.3) is 22.3 Å². The summed E-state index contributed by atoms with van der Waals surface area (Å²) in [7, 11) is 0. The van der Waals surface area contributed by atoms with Crippen LogP contribution >= 0.6 is 0 Å². The van der Waals surface area contributed by atoms with Crippen molar-refractivity contribution < 1.29 is 20.1 Å². The lowest BCUT2D eigenvalue weighted by atomic mass is 10.1. The Morgan fingerprint density at radius 1 is 1.14 bits per heavy atom. The van der Waals surface area contributed by atoms with Crippen LogP contribution in [0.2, 0.25) is 0 Å². The van der Waals surface area contributed by atoms with Crippen molar-refractivity contribution in [3.05, 3.63) is 35.5 Å². The van der Waals surface area contributed by atoms with Gasteiger partial charge in [0.25, 0.3) is 0 Å². The molecule has 4 aromatic rings. The Morgan fingerprint density at radius 3 is 2.72 bits per heavy atom. The van der Waals surface area contributed by atoms with E-state index in [2.05, 4.69) is 24.9 Å². The smallest absolute Gasteiger partial charge is 0.302 e. The summed E-state index contributed by atoms with van der Waals surface area (Å²) in [6.07, 6.45) is 0.650. The highest BCUT2D eigenvalue weighted by molar-refractivity contribution is 5.72. The summed E-state index contributed by atoms with van der Waals surface area (Å²) < 4.78 is 9.15. The Morgan fingerprint density at radius 2 is 1.97 bits per heavy atom. The van der Waals surface area contributed by atoms with E-state index in [1.165, 1.54) is 34.4 Å². The molecule has 29 heavy (non-hydrogen) atoms. The third-order valence-electron chi connectivity index (χ3n) is 4.80. The van der Waals surface area contributed by atoms with Crippen molar-refractivity contribution in [2.45, 2.75) is 24.5 Å². The first-order valence-electron chi connectivity index (χ1n) is 8.52. The van der Waals surface area contributed by atoms with Gasteiger partial charge in [-0.05, 0) is 0 Å². The molecular formula is C15H15N9O5. The van der Waals surface area contributed by atoms with Crippen molar-refractivity contribution >= 4 is 28.3 Å². The molecule has 0 radical (unpaired) electrons. The molecule has 4 aromatic heterocycles. The van der Waals surface area contributed by atoms with Crippen LogP contribution in [-0.2, 0) is 4.74 Å². The van der Waals surface area contributed by atoms with Gasteiger partial charge in [0, 0.05) is 0 Å². The maximum Gasteiger partial charge on any atom is 0.302 e. The molecule has 14 heteroatoms. The first kappa shape index (κ1) is 17.6. The van der Waals surface area contributed by atoms with E-state index in [1.54, 1.807) is 0 Å². The summed E-state index contributed by atoms with van der Waals surface area (Å²) in [5.41, 5.74) is 6.24. The summed E-state index contributed by atoms with van der Waals surface area (Å²) in [4.78, 5) is 33.5. The first-order valence-corrected chi connectivity index (χ1v) is 8.52. The number of anilines is 1. The molecular weight excluding hydrogens is 386 g/mol. The summed E-state index contributed by atoms with van der Waals surface area (Å²) in [5, 5.41) is 29.5. The lowest BCUT2D eigenvalue weighted by molar-refractivity contribution is -0.0511. The molecule has 4 atom stereocenters. The van der Waals surface area contributed by atoms with E-state index in [9.17, 15) is 20.1 Å². The SMILES string of the molecule is Nc1nc2c(ncn2[C@@H]2O[C@H](CO)[C@@H](O)[C@H]2O)c(=O)n1-n1cnc2cncnc21. The van der Waals surface area contributed by atoms with Crippen molar-refractivity contribution in [2.75, 3.05) is 12.3 Å².